The van der Waals surface area contributed by atoms with E-state index in [4.69, 9.17) is 9.84 Å². The second kappa shape index (κ2) is 9.98. The Kier molecular flexibility index (Phi) is 8.26. The quantitative estimate of drug-likeness (QED) is 0.503. The number of ether oxygens (including phenoxy) is 1. The highest BCUT2D eigenvalue weighted by molar-refractivity contribution is 6.02. The molecular weight excluding hydrogens is 280 g/mol. The summed E-state index contributed by atoms with van der Waals surface area (Å²) in [5, 5.41) is 9.12. The first-order valence-corrected chi connectivity index (χ1v) is 8.13. The van der Waals surface area contributed by atoms with E-state index in [0.717, 1.165) is 25.7 Å². The lowest BCUT2D eigenvalue weighted by Gasteiger charge is -2.16. The Bertz CT molecular complexity index is 482. The molecule has 1 unspecified atom stereocenters. The van der Waals surface area contributed by atoms with Crippen molar-refractivity contribution in [3.05, 3.63) is 35.4 Å². The molecule has 0 saturated carbocycles. The summed E-state index contributed by atoms with van der Waals surface area (Å²) in [6.07, 6.45) is 7.27. The fourth-order valence-corrected chi connectivity index (χ4v) is 2.38. The summed E-state index contributed by atoms with van der Waals surface area (Å²) in [7, 11) is 0. The van der Waals surface area contributed by atoms with Crippen LogP contribution in [0.2, 0.25) is 0 Å². The summed E-state index contributed by atoms with van der Waals surface area (Å²) in [4.78, 5) is 23.3. The highest BCUT2D eigenvalue weighted by Crippen LogP contribution is 2.16. The third-order valence-electron chi connectivity index (χ3n) is 3.74. The van der Waals surface area contributed by atoms with Crippen molar-refractivity contribution in [3.63, 3.8) is 0 Å². The summed E-state index contributed by atoms with van der Waals surface area (Å²) in [6, 6.07) is 6.17. The van der Waals surface area contributed by atoms with Gasteiger partial charge in [-0.15, -0.1) is 0 Å². The Morgan fingerprint density at radius 2 is 1.68 bits per heavy atom. The van der Waals surface area contributed by atoms with E-state index in [1.807, 2.05) is 6.92 Å². The zero-order chi connectivity index (χ0) is 16.4. The first kappa shape index (κ1) is 18.2. The van der Waals surface area contributed by atoms with Crippen LogP contribution in [0.15, 0.2) is 24.3 Å². The Balaban J connectivity index is 2.56. The molecule has 0 bridgehead atoms. The number of unbranched alkanes of at least 4 members (excludes halogenated alkanes) is 4. The average Bonchev–Trinajstić information content (AvgIpc) is 2.53. The number of carboxylic acid groups (broad SMARTS) is 1. The summed E-state index contributed by atoms with van der Waals surface area (Å²) in [6.45, 7) is 4.16. The van der Waals surface area contributed by atoms with Gasteiger partial charge in [0.2, 0.25) is 0 Å². The third kappa shape index (κ3) is 5.88. The van der Waals surface area contributed by atoms with Crippen molar-refractivity contribution in [3.8, 4) is 0 Å². The minimum Gasteiger partial charge on any atom is -0.478 e. The molecular formula is C18H26O4. The summed E-state index contributed by atoms with van der Waals surface area (Å²) >= 11 is 0. The van der Waals surface area contributed by atoms with Gasteiger partial charge in [0.05, 0.1) is 11.1 Å². The van der Waals surface area contributed by atoms with Crippen molar-refractivity contribution in [2.24, 2.45) is 0 Å². The molecule has 0 heterocycles. The van der Waals surface area contributed by atoms with Gasteiger partial charge in [0.25, 0.3) is 0 Å². The van der Waals surface area contributed by atoms with Crippen LogP contribution in [0, 0.1) is 0 Å². The number of hydrogen-bond acceptors (Lipinski definition) is 3. The first-order chi connectivity index (χ1) is 10.6. The number of carboxylic acids is 1. The lowest BCUT2D eigenvalue weighted by atomic mass is 10.1. The van der Waals surface area contributed by atoms with Crippen LogP contribution in [-0.2, 0) is 4.74 Å². The Hall–Kier alpha value is -1.84. The van der Waals surface area contributed by atoms with E-state index in [2.05, 4.69) is 6.92 Å². The molecule has 0 saturated heterocycles. The van der Waals surface area contributed by atoms with Gasteiger partial charge in [-0.2, -0.15) is 0 Å². The molecule has 0 aliphatic rings. The van der Waals surface area contributed by atoms with E-state index in [9.17, 15) is 9.59 Å². The smallest absolute Gasteiger partial charge is 0.339 e. The Labute approximate surface area is 132 Å². The maximum Gasteiger partial charge on any atom is 0.339 e. The van der Waals surface area contributed by atoms with E-state index in [1.165, 1.54) is 31.4 Å². The Morgan fingerprint density at radius 3 is 2.27 bits per heavy atom. The van der Waals surface area contributed by atoms with E-state index in [-0.39, 0.29) is 17.2 Å². The molecule has 1 rings (SSSR count). The second-order valence-corrected chi connectivity index (χ2v) is 5.49. The lowest BCUT2D eigenvalue weighted by Crippen LogP contribution is -2.19. The molecule has 0 fully saturated rings. The summed E-state index contributed by atoms with van der Waals surface area (Å²) in [5.74, 6) is -1.65. The highest BCUT2D eigenvalue weighted by Gasteiger charge is 2.20. The predicted octanol–water partition coefficient (Wildman–Crippen LogP) is 4.68. The van der Waals surface area contributed by atoms with E-state index in [0.29, 0.717) is 0 Å². The number of benzene rings is 1. The maximum absolute atomic E-state index is 12.2. The fraction of sp³-hybridized carbons (Fsp3) is 0.556. The molecule has 0 aliphatic heterocycles. The normalized spacial score (nSPS) is 11.9. The van der Waals surface area contributed by atoms with Crippen molar-refractivity contribution in [1.82, 2.24) is 0 Å². The second-order valence-electron chi connectivity index (χ2n) is 5.49. The molecule has 0 aliphatic carbocycles. The van der Waals surface area contributed by atoms with Gasteiger partial charge in [-0.3, -0.25) is 0 Å². The van der Waals surface area contributed by atoms with Gasteiger partial charge in [0.15, 0.2) is 0 Å². The van der Waals surface area contributed by atoms with E-state index >= 15 is 0 Å². The molecule has 1 aromatic carbocycles. The molecule has 4 heteroatoms. The van der Waals surface area contributed by atoms with E-state index in [1.54, 1.807) is 12.1 Å². The zero-order valence-corrected chi connectivity index (χ0v) is 13.5. The lowest BCUT2D eigenvalue weighted by molar-refractivity contribution is 0.0262. The van der Waals surface area contributed by atoms with E-state index < -0.39 is 11.9 Å². The van der Waals surface area contributed by atoms with Crippen molar-refractivity contribution < 1.29 is 19.4 Å². The fourth-order valence-electron chi connectivity index (χ4n) is 2.38. The van der Waals surface area contributed by atoms with Gasteiger partial charge in [0, 0.05) is 0 Å². The van der Waals surface area contributed by atoms with Crippen LogP contribution < -0.4 is 0 Å². The molecule has 1 atom stereocenters. The standard InChI is InChI=1S/C18H26O4/c1-3-5-6-7-8-11-14(4-2)22-18(21)16-13-10-9-12-15(16)17(19)20/h9-10,12-14H,3-8,11H2,1-2H3,(H,19,20). The molecule has 122 valence electrons. The van der Waals surface area contributed by atoms with Crippen molar-refractivity contribution >= 4 is 11.9 Å². The molecule has 0 amide bonds. The number of hydrogen-bond donors (Lipinski definition) is 1. The average molecular weight is 306 g/mol. The molecule has 1 aromatic rings. The number of aromatic carboxylic acids is 1. The third-order valence-corrected chi connectivity index (χ3v) is 3.74. The number of esters is 1. The van der Waals surface area contributed by atoms with Crippen LogP contribution in [0.3, 0.4) is 0 Å². The molecule has 1 N–H and O–H groups in total. The minimum absolute atomic E-state index is 0.00898. The monoisotopic (exact) mass is 306 g/mol. The number of carbonyl (C=O) groups excluding carboxylic acids is 1. The maximum atomic E-state index is 12.2. The summed E-state index contributed by atoms with van der Waals surface area (Å²) in [5.41, 5.74) is 0.115. The van der Waals surface area contributed by atoms with Crippen molar-refractivity contribution in [2.45, 2.75) is 64.9 Å². The number of rotatable bonds is 10. The van der Waals surface area contributed by atoms with Gasteiger partial charge in [-0.25, -0.2) is 9.59 Å². The van der Waals surface area contributed by atoms with Gasteiger partial charge < -0.3 is 9.84 Å². The SMILES string of the molecule is CCCCCCCC(CC)OC(=O)c1ccccc1C(=O)O. The minimum atomic E-state index is -1.11. The van der Waals surface area contributed by atoms with Crippen LogP contribution in [0.4, 0.5) is 0 Å². The van der Waals surface area contributed by atoms with Crippen molar-refractivity contribution in [1.29, 1.82) is 0 Å². The Morgan fingerprint density at radius 1 is 1.05 bits per heavy atom. The van der Waals surface area contributed by atoms with Crippen LogP contribution in [-0.4, -0.2) is 23.1 Å². The van der Waals surface area contributed by atoms with Crippen LogP contribution in [0.5, 0.6) is 0 Å². The van der Waals surface area contributed by atoms with Gasteiger partial charge >= 0.3 is 11.9 Å². The molecule has 0 radical (unpaired) electrons. The predicted molar refractivity (Wildman–Crippen MR) is 86.3 cm³/mol. The molecule has 4 nitrogen and oxygen atoms in total. The number of carbonyl (C=O) groups is 2. The molecule has 0 aromatic heterocycles. The topological polar surface area (TPSA) is 63.6 Å². The van der Waals surface area contributed by atoms with Crippen LogP contribution in [0.25, 0.3) is 0 Å². The first-order valence-electron chi connectivity index (χ1n) is 8.13. The van der Waals surface area contributed by atoms with Gasteiger partial charge in [0.1, 0.15) is 6.10 Å². The summed E-state index contributed by atoms with van der Waals surface area (Å²) < 4.78 is 5.48. The zero-order valence-electron chi connectivity index (χ0n) is 13.5. The molecule has 0 spiro atoms. The van der Waals surface area contributed by atoms with Crippen LogP contribution >= 0.6 is 0 Å². The molecule has 22 heavy (non-hydrogen) atoms. The van der Waals surface area contributed by atoms with Crippen LogP contribution in [0.1, 0.15) is 79.5 Å². The van der Waals surface area contributed by atoms with Crippen molar-refractivity contribution in [2.75, 3.05) is 0 Å². The van der Waals surface area contributed by atoms with Gasteiger partial charge in [-0.1, -0.05) is 51.7 Å². The largest absolute Gasteiger partial charge is 0.478 e. The highest BCUT2D eigenvalue weighted by atomic mass is 16.5. The van der Waals surface area contributed by atoms with Gasteiger partial charge in [-0.05, 0) is 31.4 Å².